The number of hydrogen-bond donors (Lipinski definition) is 1. The van der Waals surface area contributed by atoms with Gasteiger partial charge < -0.3 is 15.0 Å². The van der Waals surface area contributed by atoms with Gasteiger partial charge >= 0.3 is 0 Å². The molecular weight excluding hydrogens is 311 g/mol. The maximum absolute atomic E-state index is 12.5. The van der Waals surface area contributed by atoms with Crippen LogP contribution < -0.4 is 10.1 Å². The van der Waals surface area contributed by atoms with Gasteiger partial charge in [0, 0.05) is 30.2 Å². The molecule has 21 heavy (non-hydrogen) atoms. The van der Waals surface area contributed by atoms with Crippen molar-refractivity contribution < 1.29 is 9.53 Å². The van der Waals surface area contributed by atoms with Crippen molar-refractivity contribution in [1.29, 1.82) is 0 Å². The maximum Gasteiger partial charge on any atom is 0.263 e. The Labute approximate surface area is 137 Å². The summed E-state index contributed by atoms with van der Waals surface area (Å²) in [6, 6.07) is 7.61. The van der Waals surface area contributed by atoms with Gasteiger partial charge in [-0.1, -0.05) is 17.7 Å². The number of rotatable bonds is 3. The number of ether oxygens (including phenoxy) is 1. The van der Waals surface area contributed by atoms with Gasteiger partial charge in [-0.3, -0.25) is 4.79 Å². The molecule has 2 rings (SSSR count). The first-order valence-corrected chi connectivity index (χ1v) is 7.31. The second kappa shape index (κ2) is 7.87. The third-order valence-electron chi connectivity index (χ3n) is 3.50. The van der Waals surface area contributed by atoms with Gasteiger partial charge in [0.05, 0.1) is 0 Å². The van der Waals surface area contributed by atoms with Gasteiger partial charge in [-0.2, -0.15) is 0 Å². The van der Waals surface area contributed by atoms with Crippen LogP contribution in [0.5, 0.6) is 5.75 Å². The minimum atomic E-state index is -0.513. The van der Waals surface area contributed by atoms with Crippen molar-refractivity contribution >= 4 is 29.9 Å². The quantitative estimate of drug-likeness (QED) is 0.925. The van der Waals surface area contributed by atoms with Crippen molar-refractivity contribution in [1.82, 2.24) is 10.2 Å². The zero-order valence-electron chi connectivity index (χ0n) is 12.5. The van der Waals surface area contributed by atoms with Crippen LogP contribution in [0.2, 0.25) is 5.02 Å². The van der Waals surface area contributed by atoms with E-state index in [1.54, 1.807) is 25.1 Å². The maximum atomic E-state index is 12.5. The second-order valence-corrected chi connectivity index (χ2v) is 5.80. The molecule has 0 aromatic heterocycles. The van der Waals surface area contributed by atoms with E-state index < -0.39 is 6.10 Å². The number of amides is 1. The molecule has 0 saturated carbocycles. The fraction of sp³-hybridized carbons (Fsp3) is 0.533. The first kappa shape index (κ1) is 18.1. The van der Waals surface area contributed by atoms with Crippen LogP contribution in [0.4, 0.5) is 0 Å². The molecule has 1 fully saturated rings. The molecule has 1 aromatic carbocycles. The molecule has 1 saturated heterocycles. The fourth-order valence-electron chi connectivity index (χ4n) is 2.36. The molecule has 0 bridgehead atoms. The molecule has 0 spiro atoms. The van der Waals surface area contributed by atoms with Crippen LogP contribution in [0.25, 0.3) is 0 Å². The number of carbonyl (C=O) groups is 1. The molecule has 3 unspecified atom stereocenters. The fourth-order valence-corrected chi connectivity index (χ4v) is 2.54. The van der Waals surface area contributed by atoms with Crippen molar-refractivity contribution in [3.05, 3.63) is 29.3 Å². The Hall–Kier alpha value is -0.970. The van der Waals surface area contributed by atoms with Crippen molar-refractivity contribution in [2.45, 2.75) is 39.0 Å². The molecule has 0 aliphatic carbocycles. The first-order chi connectivity index (χ1) is 9.47. The molecule has 1 N–H and O–H groups in total. The highest BCUT2D eigenvalue weighted by Gasteiger charge is 2.30. The van der Waals surface area contributed by atoms with Gasteiger partial charge in [0.2, 0.25) is 0 Å². The van der Waals surface area contributed by atoms with Crippen LogP contribution in [0.1, 0.15) is 20.8 Å². The Morgan fingerprint density at radius 2 is 2.19 bits per heavy atom. The summed E-state index contributed by atoms with van der Waals surface area (Å²) >= 11 is 5.92. The standard InChI is InChI=1S/C15H21ClN2O2.ClH/c1-10-9-18(11(2)8-17-10)15(19)12(3)20-14-6-4-5-13(16)7-14;/h4-7,10-12,17H,8-9H2,1-3H3;1H. The van der Waals surface area contributed by atoms with Crippen LogP contribution in [0, 0.1) is 0 Å². The van der Waals surface area contributed by atoms with Crippen LogP contribution in [0.15, 0.2) is 24.3 Å². The van der Waals surface area contributed by atoms with Gasteiger partial charge in [0.1, 0.15) is 5.75 Å². The van der Waals surface area contributed by atoms with E-state index in [1.165, 1.54) is 0 Å². The molecule has 1 aliphatic rings. The zero-order chi connectivity index (χ0) is 14.7. The zero-order valence-corrected chi connectivity index (χ0v) is 14.1. The Kier molecular flexibility index (Phi) is 6.78. The third-order valence-corrected chi connectivity index (χ3v) is 3.74. The molecule has 1 aromatic rings. The Morgan fingerprint density at radius 3 is 2.86 bits per heavy atom. The molecule has 4 nitrogen and oxygen atoms in total. The number of hydrogen-bond acceptors (Lipinski definition) is 3. The summed E-state index contributed by atoms with van der Waals surface area (Å²) in [6.07, 6.45) is -0.513. The van der Waals surface area contributed by atoms with Gasteiger partial charge in [0.15, 0.2) is 6.10 Å². The Bertz CT molecular complexity index is 484. The van der Waals surface area contributed by atoms with E-state index in [2.05, 4.69) is 12.2 Å². The summed E-state index contributed by atoms with van der Waals surface area (Å²) < 4.78 is 5.70. The van der Waals surface area contributed by atoms with Gasteiger partial charge in [-0.15, -0.1) is 12.4 Å². The van der Waals surface area contributed by atoms with Crippen LogP contribution in [-0.4, -0.2) is 42.1 Å². The molecule has 0 radical (unpaired) electrons. The molecule has 118 valence electrons. The first-order valence-electron chi connectivity index (χ1n) is 6.93. The predicted molar refractivity (Wildman–Crippen MR) is 87.4 cm³/mol. The average molecular weight is 333 g/mol. The molecule has 6 heteroatoms. The highest BCUT2D eigenvalue weighted by Crippen LogP contribution is 2.19. The normalized spacial score (nSPS) is 23.1. The van der Waals surface area contributed by atoms with E-state index >= 15 is 0 Å². The smallest absolute Gasteiger partial charge is 0.263 e. The van der Waals surface area contributed by atoms with Gasteiger partial charge in [-0.05, 0) is 39.0 Å². The summed E-state index contributed by atoms with van der Waals surface area (Å²) in [5.74, 6) is 0.639. The van der Waals surface area contributed by atoms with E-state index in [9.17, 15) is 4.79 Å². The lowest BCUT2D eigenvalue weighted by Gasteiger charge is -2.38. The third kappa shape index (κ3) is 4.77. The number of piperazine rings is 1. The van der Waals surface area contributed by atoms with E-state index in [0.29, 0.717) is 23.4 Å². The molecular formula is C15H22Cl2N2O2. The monoisotopic (exact) mass is 332 g/mol. The topological polar surface area (TPSA) is 41.6 Å². The minimum Gasteiger partial charge on any atom is -0.481 e. The van der Waals surface area contributed by atoms with E-state index in [0.717, 1.165) is 6.54 Å². The molecule has 1 aliphatic heterocycles. The molecule has 1 amide bonds. The van der Waals surface area contributed by atoms with Gasteiger partial charge in [-0.25, -0.2) is 0 Å². The van der Waals surface area contributed by atoms with Crippen LogP contribution in [0.3, 0.4) is 0 Å². The summed E-state index contributed by atoms with van der Waals surface area (Å²) in [7, 11) is 0. The highest BCUT2D eigenvalue weighted by atomic mass is 35.5. The van der Waals surface area contributed by atoms with Crippen LogP contribution >= 0.6 is 24.0 Å². The number of halogens is 2. The lowest BCUT2D eigenvalue weighted by molar-refractivity contribution is -0.141. The highest BCUT2D eigenvalue weighted by molar-refractivity contribution is 6.30. The Morgan fingerprint density at radius 1 is 1.48 bits per heavy atom. The van der Waals surface area contributed by atoms with E-state index in [-0.39, 0.29) is 24.4 Å². The summed E-state index contributed by atoms with van der Waals surface area (Å²) in [4.78, 5) is 14.4. The summed E-state index contributed by atoms with van der Waals surface area (Å²) in [5.41, 5.74) is 0. The summed E-state index contributed by atoms with van der Waals surface area (Å²) in [5, 5.41) is 3.96. The predicted octanol–water partition coefficient (Wildman–Crippen LogP) is 2.74. The summed E-state index contributed by atoms with van der Waals surface area (Å²) in [6.45, 7) is 7.43. The average Bonchev–Trinajstić information content (AvgIpc) is 2.40. The van der Waals surface area contributed by atoms with Crippen molar-refractivity contribution in [2.24, 2.45) is 0 Å². The van der Waals surface area contributed by atoms with E-state index in [4.69, 9.17) is 16.3 Å². The number of nitrogens with zero attached hydrogens (tertiary/aromatic N) is 1. The second-order valence-electron chi connectivity index (χ2n) is 5.37. The number of nitrogens with one attached hydrogen (secondary N) is 1. The SMILES string of the molecule is CC1CN(C(=O)C(C)Oc2cccc(Cl)c2)C(C)CN1.Cl. The number of benzene rings is 1. The van der Waals surface area contributed by atoms with Crippen molar-refractivity contribution in [3.8, 4) is 5.75 Å². The molecule has 1 heterocycles. The minimum absolute atomic E-state index is 0. The largest absolute Gasteiger partial charge is 0.481 e. The van der Waals surface area contributed by atoms with Crippen molar-refractivity contribution in [3.63, 3.8) is 0 Å². The Balaban J connectivity index is 0.00000220. The van der Waals surface area contributed by atoms with Crippen molar-refractivity contribution in [2.75, 3.05) is 13.1 Å². The number of carbonyl (C=O) groups excluding carboxylic acids is 1. The van der Waals surface area contributed by atoms with E-state index in [1.807, 2.05) is 17.9 Å². The molecule has 3 atom stereocenters. The lowest BCUT2D eigenvalue weighted by atomic mass is 10.1. The lowest BCUT2D eigenvalue weighted by Crippen LogP contribution is -2.58. The van der Waals surface area contributed by atoms with Gasteiger partial charge in [0.25, 0.3) is 5.91 Å². The van der Waals surface area contributed by atoms with Crippen LogP contribution in [-0.2, 0) is 4.79 Å².